The molecule has 3 aromatic rings. The van der Waals surface area contributed by atoms with E-state index in [9.17, 15) is 13.2 Å². The zero-order chi connectivity index (χ0) is 15.9. The van der Waals surface area contributed by atoms with E-state index in [2.05, 4.69) is 10.3 Å². The van der Waals surface area contributed by atoms with Crippen LogP contribution < -0.4 is 10.5 Å². The molecule has 0 saturated heterocycles. The van der Waals surface area contributed by atoms with E-state index < -0.39 is 21.0 Å². The minimum absolute atomic E-state index is 0.131. The highest BCUT2D eigenvalue weighted by molar-refractivity contribution is 7.89. The number of nitrogens with two attached hydrogens (primary N) is 1. The normalized spacial score (nSPS) is 11.7. The van der Waals surface area contributed by atoms with Crippen LogP contribution in [0.3, 0.4) is 0 Å². The van der Waals surface area contributed by atoms with Gasteiger partial charge in [-0.2, -0.15) is 0 Å². The van der Waals surface area contributed by atoms with Crippen LogP contribution in [-0.2, 0) is 10.0 Å². The maximum Gasteiger partial charge on any atom is 0.291 e. The number of benzene rings is 1. The first-order valence-corrected chi connectivity index (χ1v) is 7.92. The molecule has 4 N–H and O–H groups in total. The molecule has 22 heavy (non-hydrogen) atoms. The Labute approximate surface area is 126 Å². The Morgan fingerprint density at radius 2 is 1.95 bits per heavy atom. The third kappa shape index (κ3) is 2.49. The molecule has 0 bridgehead atoms. The monoisotopic (exact) mass is 319 g/mol. The number of rotatable bonds is 3. The van der Waals surface area contributed by atoms with Crippen LogP contribution in [0.5, 0.6) is 0 Å². The second-order valence-corrected chi connectivity index (χ2v) is 6.28. The summed E-state index contributed by atoms with van der Waals surface area (Å²) in [4.78, 5) is 15.3. The Bertz CT molecular complexity index is 969. The summed E-state index contributed by atoms with van der Waals surface area (Å²) in [5.74, 6) is -0.684. The standard InChI is InChI=1S/C14H13N3O4S/c1-8-13(9-4-2-3-5-10(9)16-8)17-14(18)11-6-7-12(21-11)22(15,19)20/h2-7,16H,1H3,(H,17,18)(H2,15,19,20). The highest BCUT2D eigenvalue weighted by Gasteiger charge is 2.19. The van der Waals surface area contributed by atoms with Crippen LogP contribution in [0, 0.1) is 6.92 Å². The summed E-state index contributed by atoms with van der Waals surface area (Å²) in [6.45, 7) is 1.83. The third-order valence-corrected chi connectivity index (χ3v) is 4.00. The summed E-state index contributed by atoms with van der Waals surface area (Å²) in [6.07, 6.45) is 0. The smallest absolute Gasteiger partial charge is 0.291 e. The number of nitrogens with one attached hydrogen (secondary N) is 2. The van der Waals surface area contributed by atoms with Gasteiger partial charge >= 0.3 is 0 Å². The number of aromatic amines is 1. The van der Waals surface area contributed by atoms with Gasteiger partial charge in [-0.3, -0.25) is 4.79 Å². The Balaban J connectivity index is 1.93. The average molecular weight is 319 g/mol. The van der Waals surface area contributed by atoms with Crippen LogP contribution in [0.1, 0.15) is 16.2 Å². The lowest BCUT2D eigenvalue weighted by Gasteiger charge is -2.03. The molecule has 0 radical (unpaired) electrons. The molecule has 0 aliphatic rings. The van der Waals surface area contributed by atoms with Gasteiger partial charge in [0.25, 0.3) is 15.9 Å². The number of anilines is 1. The molecule has 1 aromatic carbocycles. The fraction of sp³-hybridized carbons (Fsp3) is 0.0714. The topological polar surface area (TPSA) is 118 Å². The maximum atomic E-state index is 12.2. The van der Waals surface area contributed by atoms with Gasteiger partial charge in [0.05, 0.1) is 5.69 Å². The minimum Gasteiger partial charge on any atom is -0.438 e. The predicted molar refractivity (Wildman–Crippen MR) is 81.1 cm³/mol. The molecule has 0 unspecified atom stereocenters. The lowest BCUT2D eigenvalue weighted by atomic mass is 10.2. The molecule has 114 valence electrons. The van der Waals surface area contributed by atoms with Crippen molar-refractivity contribution < 1.29 is 17.6 Å². The van der Waals surface area contributed by atoms with Crippen molar-refractivity contribution in [3.05, 3.63) is 47.9 Å². The first-order chi connectivity index (χ1) is 10.4. The van der Waals surface area contributed by atoms with Crippen molar-refractivity contribution in [1.29, 1.82) is 0 Å². The molecule has 1 amide bonds. The summed E-state index contributed by atoms with van der Waals surface area (Å²) in [5, 5.41) is 8.06. The lowest BCUT2D eigenvalue weighted by Crippen LogP contribution is -2.13. The van der Waals surface area contributed by atoms with Crippen molar-refractivity contribution in [1.82, 2.24) is 4.98 Å². The number of amides is 1. The van der Waals surface area contributed by atoms with Gasteiger partial charge in [0.1, 0.15) is 0 Å². The SMILES string of the molecule is Cc1[nH]c2ccccc2c1NC(=O)c1ccc(S(N)(=O)=O)o1. The number of hydrogen-bond acceptors (Lipinski definition) is 4. The van der Waals surface area contributed by atoms with Crippen LogP contribution in [0.25, 0.3) is 10.9 Å². The van der Waals surface area contributed by atoms with E-state index in [1.54, 1.807) is 0 Å². The van der Waals surface area contributed by atoms with Crippen molar-refractivity contribution in [2.45, 2.75) is 12.0 Å². The first-order valence-electron chi connectivity index (χ1n) is 6.37. The van der Waals surface area contributed by atoms with E-state index in [0.717, 1.165) is 22.7 Å². The van der Waals surface area contributed by atoms with Gasteiger partial charge in [-0.1, -0.05) is 18.2 Å². The van der Waals surface area contributed by atoms with E-state index >= 15 is 0 Å². The molecule has 2 aromatic heterocycles. The van der Waals surface area contributed by atoms with Gasteiger partial charge < -0.3 is 14.7 Å². The molecule has 8 heteroatoms. The van der Waals surface area contributed by atoms with Crippen LogP contribution in [-0.4, -0.2) is 19.3 Å². The highest BCUT2D eigenvalue weighted by Crippen LogP contribution is 2.27. The van der Waals surface area contributed by atoms with Crippen LogP contribution in [0.15, 0.2) is 45.9 Å². The number of sulfonamides is 1. The molecule has 0 spiro atoms. The molecule has 2 heterocycles. The fourth-order valence-electron chi connectivity index (χ4n) is 2.21. The quantitative estimate of drug-likeness (QED) is 0.684. The molecule has 0 aliphatic carbocycles. The summed E-state index contributed by atoms with van der Waals surface area (Å²) >= 11 is 0. The lowest BCUT2D eigenvalue weighted by molar-refractivity contribution is 0.0991. The molecule has 7 nitrogen and oxygen atoms in total. The van der Waals surface area contributed by atoms with E-state index in [-0.39, 0.29) is 5.76 Å². The van der Waals surface area contributed by atoms with Crippen molar-refractivity contribution in [3.8, 4) is 0 Å². The van der Waals surface area contributed by atoms with Gasteiger partial charge in [-0.05, 0) is 25.1 Å². The van der Waals surface area contributed by atoms with E-state index in [1.807, 2.05) is 31.2 Å². The number of aryl methyl sites for hydroxylation is 1. The van der Waals surface area contributed by atoms with Crippen molar-refractivity contribution in [3.63, 3.8) is 0 Å². The Morgan fingerprint density at radius 3 is 2.64 bits per heavy atom. The number of para-hydroxylation sites is 1. The number of aromatic nitrogens is 1. The number of fused-ring (bicyclic) bond motifs is 1. The molecular formula is C14H13N3O4S. The molecule has 3 rings (SSSR count). The van der Waals surface area contributed by atoms with E-state index in [4.69, 9.17) is 9.56 Å². The van der Waals surface area contributed by atoms with Gasteiger partial charge in [-0.25, -0.2) is 13.6 Å². The third-order valence-electron chi connectivity index (χ3n) is 3.22. The van der Waals surface area contributed by atoms with Crippen LogP contribution in [0.2, 0.25) is 0 Å². The number of H-pyrrole nitrogens is 1. The summed E-state index contributed by atoms with van der Waals surface area (Å²) in [7, 11) is -3.97. The minimum atomic E-state index is -3.97. The number of furan rings is 1. The maximum absolute atomic E-state index is 12.2. The molecule has 0 saturated carbocycles. The number of carbonyl (C=O) groups excluding carboxylic acids is 1. The van der Waals surface area contributed by atoms with Gasteiger partial charge in [0.2, 0.25) is 5.09 Å². The van der Waals surface area contributed by atoms with E-state index in [1.165, 1.54) is 6.07 Å². The summed E-state index contributed by atoms with van der Waals surface area (Å²) < 4.78 is 27.3. The summed E-state index contributed by atoms with van der Waals surface area (Å²) in [6, 6.07) is 9.91. The molecule has 0 atom stereocenters. The number of primary sulfonamides is 1. The van der Waals surface area contributed by atoms with E-state index in [0.29, 0.717) is 5.69 Å². The Hall–Kier alpha value is -2.58. The average Bonchev–Trinajstić information content (AvgIpc) is 3.04. The fourth-order valence-corrected chi connectivity index (χ4v) is 2.67. The largest absolute Gasteiger partial charge is 0.438 e. The second-order valence-electron chi connectivity index (χ2n) is 4.79. The molecule has 0 aliphatic heterocycles. The van der Waals surface area contributed by atoms with Gasteiger partial charge in [0, 0.05) is 16.6 Å². The second kappa shape index (κ2) is 5.00. The zero-order valence-electron chi connectivity index (χ0n) is 11.6. The van der Waals surface area contributed by atoms with Crippen LogP contribution >= 0.6 is 0 Å². The number of carbonyl (C=O) groups is 1. The van der Waals surface area contributed by atoms with Crippen molar-refractivity contribution in [2.24, 2.45) is 5.14 Å². The van der Waals surface area contributed by atoms with Gasteiger partial charge in [0.15, 0.2) is 5.76 Å². The van der Waals surface area contributed by atoms with Crippen LogP contribution in [0.4, 0.5) is 5.69 Å². The Kier molecular flexibility index (Phi) is 3.27. The summed E-state index contributed by atoms with van der Waals surface area (Å²) in [5.41, 5.74) is 2.29. The predicted octanol–water partition coefficient (Wildman–Crippen LogP) is 1.97. The molecule has 0 fully saturated rings. The molecular weight excluding hydrogens is 306 g/mol. The van der Waals surface area contributed by atoms with Crippen molar-refractivity contribution >= 4 is 32.5 Å². The van der Waals surface area contributed by atoms with Gasteiger partial charge in [-0.15, -0.1) is 0 Å². The number of hydrogen-bond donors (Lipinski definition) is 3. The zero-order valence-corrected chi connectivity index (χ0v) is 12.4. The first kappa shape index (κ1) is 14.4. The highest BCUT2D eigenvalue weighted by atomic mass is 32.2. The van der Waals surface area contributed by atoms with Crippen molar-refractivity contribution in [2.75, 3.05) is 5.32 Å². The Morgan fingerprint density at radius 1 is 1.23 bits per heavy atom.